The largest absolute Gasteiger partial charge is 0.275 e. The van der Waals surface area contributed by atoms with Gasteiger partial charge in [-0.05, 0) is 43.7 Å². The van der Waals surface area contributed by atoms with E-state index in [9.17, 15) is 4.79 Å². The second-order valence-electron chi connectivity index (χ2n) is 5.03. The first kappa shape index (κ1) is 14.1. The molecule has 102 valence electrons. The molecule has 1 aliphatic carbocycles. The van der Waals surface area contributed by atoms with Crippen molar-refractivity contribution in [3.8, 4) is 0 Å². The predicted molar refractivity (Wildman–Crippen MR) is 78.9 cm³/mol. The van der Waals surface area contributed by atoms with Crippen molar-refractivity contribution in [2.24, 2.45) is 5.10 Å². The lowest BCUT2D eigenvalue weighted by atomic mass is 10.0. The summed E-state index contributed by atoms with van der Waals surface area (Å²) in [4.78, 5) is 12.7. The highest BCUT2D eigenvalue weighted by molar-refractivity contribution is 6.34. The zero-order valence-electron chi connectivity index (χ0n) is 11.4. The fraction of sp³-hybridized carbons (Fsp3) is 0.467. The summed E-state index contributed by atoms with van der Waals surface area (Å²) in [7, 11) is 0. The summed E-state index contributed by atoms with van der Waals surface area (Å²) >= 11 is 6.24. The Balaban J connectivity index is 2.39. The van der Waals surface area contributed by atoms with Gasteiger partial charge in [-0.25, -0.2) is 5.01 Å². The Bertz CT molecular complexity index is 497. The zero-order valence-corrected chi connectivity index (χ0v) is 12.2. The SMILES string of the molecule is C=NN(C(=O)c1c(Cl)cccc1C1CC1)C(C)CC. The van der Waals surface area contributed by atoms with Crippen LogP contribution in [-0.4, -0.2) is 23.7 Å². The van der Waals surface area contributed by atoms with Gasteiger partial charge in [-0.1, -0.05) is 30.7 Å². The van der Waals surface area contributed by atoms with Gasteiger partial charge in [-0.2, -0.15) is 5.10 Å². The molecule has 1 saturated carbocycles. The van der Waals surface area contributed by atoms with Gasteiger partial charge >= 0.3 is 0 Å². The molecule has 0 spiro atoms. The van der Waals surface area contributed by atoms with Crippen LogP contribution in [0, 0.1) is 0 Å². The number of amides is 1. The van der Waals surface area contributed by atoms with E-state index < -0.39 is 0 Å². The molecule has 3 nitrogen and oxygen atoms in total. The van der Waals surface area contributed by atoms with E-state index >= 15 is 0 Å². The molecule has 0 heterocycles. The maximum atomic E-state index is 12.7. The number of nitrogens with zero attached hydrogens (tertiary/aromatic N) is 2. The van der Waals surface area contributed by atoms with Crippen LogP contribution >= 0.6 is 11.6 Å². The van der Waals surface area contributed by atoms with E-state index in [4.69, 9.17) is 11.6 Å². The monoisotopic (exact) mass is 278 g/mol. The average molecular weight is 279 g/mol. The van der Waals surface area contributed by atoms with Crippen LogP contribution in [0.2, 0.25) is 5.02 Å². The summed E-state index contributed by atoms with van der Waals surface area (Å²) in [5.41, 5.74) is 1.65. The number of hydrogen-bond acceptors (Lipinski definition) is 2. The number of carbonyl (C=O) groups excluding carboxylic acids is 1. The Kier molecular flexibility index (Phi) is 4.25. The molecule has 1 fully saturated rings. The van der Waals surface area contributed by atoms with Crippen molar-refractivity contribution >= 4 is 24.2 Å². The quantitative estimate of drug-likeness (QED) is 0.590. The first-order chi connectivity index (χ1) is 9.10. The molecule has 1 amide bonds. The average Bonchev–Trinajstić information content (AvgIpc) is 3.23. The summed E-state index contributed by atoms with van der Waals surface area (Å²) in [6.07, 6.45) is 3.09. The van der Waals surface area contributed by atoms with Crippen molar-refractivity contribution in [1.29, 1.82) is 0 Å². The normalized spacial score (nSPS) is 15.9. The second kappa shape index (κ2) is 5.74. The molecule has 0 N–H and O–H groups in total. The van der Waals surface area contributed by atoms with Crippen LogP contribution < -0.4 is 0 Å². The van der Waals surface area contributed by atoms with E-state index in [0.29, 0.717) is 16.5 Å². The number of rotatable bonds is 5. The Morgan fingerprint density at radius 2 is 2.26 bits per heavy atom. The first-order valence-electron chi connectivity index (χ1n) is 6.68. The minimum absolute atomic E-state index is 0.0216. The Labute approximate surface area is 119 Å². The van der Waals surface area contributed by atoms with Crippen LogP contribution in [0.5, 0.6) is 0 Å². The summed E-state index contributed by atoms with van der Waals surface area (Å²) in [6, 6.07) is 5.68. The van der Waals surface area contributed by atoms with Gasteiger partial charge in [0.1, 0.15) is 0 Å². The molecule has 0 saturated heterocycles. The highest BCUT2D eigenvalue weighted by Gasteiger charge is 2.31. The zero-order chi connectivity index (χ0) is 14.0. The Hall–Kier alpha value is -1.35. The highest BCUT2D eigenvalue weighted by Crippen LogP contribution is 2.43. The maximum Gasteiger partial charge on any atom is 0.275 e. The fourth-order valence-electron chi connectivity index (χ4n) is 2.19. The lowest BCUT2D eigenvalue weighted by Gasteiger charge is -2.24. The van der Waals surface area contributed by atoms with Gasteiger partial charge < -0.3 is 0 Å². The topological polar surface area (TPSA) is 32.7 Å². The van der Waals surface area contributed by atoms with E-state index in [1.807, 2.05) is 26.0 Å². The molecule has 0 bridgehead atoms. The molecule has 0 radical (unpaired) electrons. The number of hydrogen-bond donors (Lipinski definition) is 0. The van der Waals surface area contributed by atoms with E-state index in [0.717, 1.165) is 24.8 Å². The van der Waals surface area contributed by atoms with Crippen molar-refractivity contribution < 1.29 is 4.79 Å². The molecule has 1 aliphatic rings. The number of carbonyl (C=O) groups is 1. The van der Waals surface area contributed by atoms with Crippen LogP contribution in [0.15, 0.2) is 23.3 Å². The van der Waals surface area contributed by atoms with Gasteiger partial charge in [-0.3, -0.25) is 4.79 Å². The standard InChI is InChI=1S/C15H19ClN2O/c1-4-10(2)18(17-3)15(19)14-12(11-8-9-11)6-5-7-13(14)16/h5-7,10-11H,3-4,8-9H2,1-2H3. The Morgan fingerprint density at radius 3 is 2.79 bits per heavy atom. The fourth-order valence-corrected chi connectivity index (χ4v) is 2.45. The van der Waals surface area contributed by atoms with Crippen LogP contribution in [0.4, 0.5) is 0 Å². The van der Waals surface area contributed by atoms with Gasteiger partial charge in [0.2, 0.25) is 0 Å². The maximum absolute atomic E-state index is 12.7. The Morgan fingerprint density at radius 1 is 1.58 bits per heavy atom. The van der Waals surface area contributed by atoms with Crippen LogP contribution in [0.25, 0.3) is 0 Å². The van der Waals surface area contributed by atoms with E-state index in [2.05, 4.69) is 11.8 Å². The molecule has 1 aromatic rings. The summed E-state index contributed by atoms with van der Waals surface area (Å²) in [5, 5.41) is 5.82. The summed E-state index contributed by atoms with van der Waals surface area (Å²) < 4.78 is 0. The summed E-state index contributed by atoms with van der Waals surface area (Å²) in [6.45, 7) is 7.49. The van der Waals surface area contributed by atoms with Gasteiger partial charge in [0.15, 0.2) is 0 Å². The van der Waals surface area contributed by atoms with Gasteiger partial charge in [0.25, 0.3) is 5.91 Å². The molecule has 2 rings (SSSR count). The molecule has 0 aliphatic heterocycles. The third-order valence-corrected chi connectivity index (χ3v) is 3.96. The number of benzene rings is 1. The molecule has 1 unspecified atom stereocenters. The van der Waals surface area contributed by atoms with Crippen molar-refractivity contribution in [3.63, 3.8) is 0 Å². The molecule has 1 atom stereocenters. The van der Waals surface area contributed by atoms with Crippen molar-refractivity contribution in [3.05, 3.63) is 34.3 Å². The first-order valence-corrected chi connectivity index (χ1v) is 7.06. The predicted octanol–water partition coefficient (Wildman–Crippen LogP) is 4.07. The summed E-state index contributed by atoms with van der Waals surface area (Å²) in [5.74, 6) is 0.332. The minimum Gasteiger partial charge on any atom is -0.267 e. The lowest BCUT2D eigenvalue weighted by Crippen LogP contribution is -2.34. The van der Waals surface area contributed by atoms with E-state index in [-0.39, 0.29) is 11.9 Å². The van der Waals surface area contributed by atoms with Gasteiger partial charge in [0, 0.05) is 6.72 Å². The smallest absolute Gasteiger partial charge is 0.267 e. The van der Waals surface area contributed by atoms with Crippen molar-refractivity contribution in [2.75, 3.05) is 0 Å². The van der Waals surface area contributed by atoms with Gasteiger partial charge in [0.05, 0.1) is 16.6 Å². The second-order valence-corrected chi connectivity index (χ2v) is 5.43. The third kappa shape index (κ3) is 2.81. The molecule has 0 aromatic heterocycles. The molecule has 1 aromatic carbocycles. The van der Waals surface area contributed by atoms with Crippen LogP contribution in [0.3, 0.4) is 0 Å². The molecular weight excluding hydrogens is 260 g/mol. The van der Waals surface area contributed by atoms with Crippen LogP contribution in [-0.2, 0) is 0 Å². The molecule has 4 heteroatoms. The van der Waals surface area contributed by atoms with Gasteiger partial charge in [-0.15, -0.1) is 0 Å². The highest BCUT2D eigenvalue weighted by atomic mass is 35.5. The van der Waals surface area contributed by atoms with Crippen LogP contribution in [0.1, 0.15) is 54.9 Å². The number of hydrazone groups is 1. The van der Waals surface area contributed by atoms with E-state index in [1.165, 1.54) is 5.01 Å². The third-order valence-electron chi connectivity index (χ3n) is 3.65. The van der Waals surface area contributed by atoms with E-state index in [1.54, 1.807) is 6.07 Å². The minimum atomic E-state index is -0.142. The number of halogens is 1. The molecule has 19 heavy (non-hydrogen) atoms. The van der Waals surface area contributed by atoms with Crippen molar-refractivity contribution in [2.45, 2.75) is 45.1 Å². The van der Waals surface area contributed by atoms with Crippen molar-refractivity contribution in [1.82, 2.24) is 5.01 Å². The molecular formula is C15H19ClN2O. The lowest BCUT2D eigenvalue weighted by molar-refractivity contribution is 0.0696.